The summed E-state index contributed by atoms with van der Waals surface area (Å²) < 4.78 is 33.6. The quantitative estimate of drug-likeness (QED) is 0.685. The van der Waals surface area contributed by atoms with Gasteiger partial charge in [-0.2, -0.15) is 0 Å². The Morgan fingerprint density at radius 3 is 2.21 bits per heavy atom. The van der Waals surface area contributed by atoms with E-state index in [0.717, 1.165) is 0 Å². The molecule has 0 spiro atoms. The van der Waals surface area contributed by atoms with E-state index in [4.69, 9.17) is 28.4 Å². The molecule has 0 N–H and O–H groups in total. The fourth-order valence-corrected chi connectivity index (χ4v) is 2.88. The molecule has 138 valence electrons. The lowest BCUT2D eigenvalue weighted by Gasteiger charge is -2.28. The van der Waals surface area contributed by atoms with Gasteiger partial charge in [-0.15, -0.1) is 0 Å². The number of rotatable bonds is 5. The molecule has 0 aromatic rings. The molecular formula is C16H26O8. The van der Waals surface area contributed by atoms with Gasteiger partial charge in [0.15, 0.2) is 17.7 Å². The van der Waals surface area contributed by atoms with Crippen LogP contribution < -0.4 is 0 Å². The predicted octanol–water partition coefficient (Wildman–Crippen LogP) is 1.15. The highest BCUT2D eigenvalue weighted by atomic mass is 16.8. The summed E-state index contributed by atoms with van der Waals surface area (Å²) >= 11 is 0. The van der Waals surface area contributed by atoms with Crippen LogP contribution in [0.15, 0.2) is 0 Å². The fraction of sp³-hybridized carbons (Fsp3) is 0.875. The molecule has 2 rings (SSSR count). The minimum Gasteiger partial charge on any atom is -0.462 e. The third kappa shape index (κ3) is 4.89. The van der Waals surface area contributed by atoms with Gasteiger partial charge in [0.1, 0.15) is 24.9 Å². The Bertz CT molecular complexity index is 486. The molecule has 0 aliphatic carbocycles. The summed E-state index contributed by atoms with van der Waals surface area (Å²) in [5, 5.41) is 0. The van der Waals surface area contributed by atoms with Gasteiger partial charge in [0.05, 0.1) is 6.61 Å². The predicted molar refractivity (Wildman–Crippen MR) is 80.9 cm³/mol. The second kappa shape index (κ2) is 6.95. The van der Waals surface area contributed by atoms with Crippen LogP contribution in [0.25, 0.3) is 0 Å². The van der Waals surface area contributed by atoms with Crippen LogP contribution in [0.1, 0.15) is 41.5 Å². The summed E-state index contributed by atoms with van der Waals surface area (Å²) in [6.07, 6.45) is -2.36. The number of carbonyl (C=O) groups is 2. The Morgan fingerprint density at radius 2 is 1.71 bits per heavy atom. The van der Waals surface area contributed by atoms with Crippen molar-refractivity contribution >= 4 is 11.9 Å². The highest BCUT2D eigenvalue weighted by molar-refractivity contribution is 5.67. The van der Waals surface area contributed by atoms with E-state index < -0.39 is 41.8 Å². The molecule has 0 unspecified atom stereocenters. The number of carbonyl (C=O) groups excluding carboxylic acids is 2. The van der Waals surface area contributed by atoms with E-state index in [0.29, 0.717) is 6.61 Å². The zero-order valence-electron chi connectivity index (χ0n) is 15.0. The van der Waals surface area contributed by atoms with E-state index in [1.165, 1.54) is 13.8 Å². The molecule has 2 fully saturated rings. The van der Waals surface area contributed by atoms with E-state index in [-0.39, 0.29) is 12.7 Å². The highest BCUT2D eigenvalue weighted by Crippen LogP contribution is 2.37. The lowest BCUT2D eigenvalue weighted by atomic mass is 10.0. The Hall–Kier alpha value is -1.22. The van der Waals surface area contributed by atoms with Gasteiger partial charge < -0.3 is 28.4 Å². The largest absolute Gasteiger partial charge is 0.462 e. The summed E-state index contributed by atoms with van der Waals surface area (Å²) in [7, 11) is 0. The SMILES string of the molecule is CC(=O)OC[C@H](OC(C)=O)[C@H]1OC(C)(C)O[C@H]1[C@@H]1COC(C)(C)O1. The maximum atomic E-state index is 11.4. The van der Waals surface area contributed by atoms with Crippen LogP contribution in [0.2, 0.25) is 0 Å². The molecule has 2 aliphatic rings. The summed E-state index contributed by atoms with van der Waals surface area (Å²) in [5.74, 6) is -2.58. The van der Waals surface area contributed by atoms with E-state index in [9.17, 15) is 9.59 Å². The Labute approximate surface area is 141 Å². The Morgan fingerprint density at radius 1 is 1.04 bits per heavy atom. The van der Waals surface area contributed by atoms with Gasteiger partial charge in [0.2, 0.25) is 0 Å². The van der Waals surface area contributed by atoms with Gasteiger partial charge in [-0.1, -0.05) is 0 Å². The first kappa shape index (κ1) is 19.1. The standard InChI is InChI=1S/C16H26O8/c1-9(17)19-7-11(21-10(2)18)13-14(24-16(5,6)23-13)12-8-20-15(3,4)22-12/h11-14H,7-8H2,1-6H3/t11-,12-,13+,14-/m0/s1. The third-order valence-electron chi connectivity index (χ3n) is 3.70. The zero-order valence-corrected chi connectivity index (χ0v) is 15.0. The van der Waals surface area contributed by atoms with E-state index in [1.807, 2.05) is 13.8 Å². The Balaban J connectivity index is 2.17. The smallest absolute Gasteiger partial charge is 0.303 e. The summed E-state index contributed by atoms with van der Waals surface area (Å²) in [6.45, 7) is 9.93. The molecule has 0 aromatic carbocycles. The first-order chi connectivity index (χ1) is 11.0. The molecule has 0 bridgehead atoms. The van der Waals surface area contributed by atoms with Gasteiger partial charge in [0.25, 0.3) is 0 Å². The highest BCUT2D eigenvalue weighted by Gasteiger charge is 2.53. The van der Waals surface area contributed by atoms with Gasteiger partial charge in [0, 0.05) is 13.8 Å². The van der Waals surface area contributed by atoms with E-state index >= 15 is 0 Å². The first-order valence-electron chi connectivity index (χ1n) is 7.97. The van der Waals surface area contributed by atoms with Crippen molar-refractivity contribution in [2.24, 2.45) is 0 Å². The van der Waals surface area contributed by atoms with Crippen molar-refractivity contribution in [2.75, 3.05) is 13.2 Å². The molecule has 8 heteroatoms. The fourth-order valence-electron chi connectivity index (χ4n) is 2.88. The molecule has 0 radical (unpaired) electrons. The molecule has 2 heterocycles. The van der Waals surface area contributed by atoms with Crippen molar-refractivity contribution in [1.29, 1.82) is 0 Å². The molecule has 2 aliphatic heterocycles. The number of ether oxygens (including phenoxy) is 6. The van der Waals surface area contributed by atoms with Gasteiger partial charge >= 0.3 is 11.9 Å². The normalized spacial score (nSPS) is 32.3. The number of hydrogen-bond donors (Lipinski definition) is 0. The number of esters is 2. The van der Waals surface area contributed by atoms with Crippen LogP contribution in [0.3, 0.4) is 0 Å². The molecule has 24 heavy (non-hydrogen) atoms. The zero-order chi connectivity index (χ0) is 18.1. The van der Waals surface area contributed by atoms with Crippen molar-refractivity contribution in [3.8, 4) is 0 Å². The molecule has 0 aromatic heterocycles. The lowest BCUT2D eigenvalue weighted by molar-refractivity contribution is -0.179. The van der Waals surface area contributed by atoms with Gasteiger partial charge in [-0.05, 0) is 27.7 Å². The lowest BCUT2D eigenvalue weighted by Crippen LogP contribution is -2.47. The molecule has 0 amide bonds. The molecule has 8 nitrogen and oxygen atoms in total. The summed E-state index contributed by atoms with van der Waals surface area (Å²) in [4.78, 5) is 22.6. The summed E-state index contributed by atoms with van der Waals surface area (Å²) in [6, 6.07) is 0. The van der Waals surface area contributed by atoms with Crippen molar-refractivity contribution in [1.82, 2.24) is 0 Å². The van der Waals surface area contributed by atoms with E-state index in [2.05, 4.69) is 0 Å². The van der Waals surface area contributed by atoms with Crippen molar-refractivity contribution in [3.05, 3.63) is 0 Å². The topological polar surface area (TPSA) is 89.5 Å². The molecule has 2 saturated heterocycles. The van der Waals surface area contributed by atoms with Crippen LogP contribution in [0.4, 0.5) is 0 Å². The first-order valence-corrected chi connectivity index (χ1v) is 7.97. The van der Waals surface area contributed by atoms with Crippen molar-refractivity contribution in [3.63, 3.8) is 0 Å². The number of hydrogen-bond acceptors (Lipinski definition) is 8. The molecular weight excluding hydrogens is 320 g/mol. The van der Waals surface area contributed by atoms with Gasteiger partial charge in [-0.25, -0.2) is 0 Å². The second-order valence-electron chi connectivity index (χ2n) is 6.88. The van der Waals surface area contributed by atoms with Crippen LogP contribution >= 0.6 is 0 Å². The minimum atomic E-state index is -0.889. The molecule has 4 atom stereocenters. The van der Waals surface area contributed by atoms with Crippen molar-refractivity contribution < 1.29 is 38.0 Å². The second-order valence-corrected chi connectivity index (χ2v) is 6.88. The van der Waals surface area contributed by atoms with Crippen LogP contribution in [-0.4, -0.2) is 61.1 Å². The minimum absolute atomic E-state index is 0.119. The Kier molecular flexibility index (Phi) is 5.54. The van der Waals surface area contributed by atoms with E-state index in [1.54, 1.807) is 13.8 Å². The van der Waals surface area contributed by atoms with Gasteiger partial charge in [-0.3, -0.25) is 9.59 Å². The average molecular weight is 346 g/mol. The maximum Gasteiger partial charge on any atom is 0.303 e. The molecule has 0 saturated carbocycles. The van der Waals surface area contributed by atoms with Crippen LogP contribution in [-0.2, 0) is 38.0 Å². The van der Waals surface area contributed by atoms with Crippen LogP contribution in [0, 0.1) is 0 Å². The van der Waals surface area contributed by atoms with Crippen LogP contribution in [0.5, 0.6) is 0 Å². The third-order valence-corrected chi connectivity index (χ3v) is 3.70. The average Bonchev–Trinajstić information content (AvgIpc) is 2.93. The summed E-state index contributed by atoms with van der Waals surface area (Å²) in [5.41, 5.74) is 0. The maximum absolute atomic E-state index is 11.4. The monoisotopic (exact) mass is 346 g/mol. The van der Waals surface area contributed by atoms with Crippen molar-refractivity contribution in [2.45, 2.75) is 77.5 Å².